The quantitative estimate of drug-likeness (QED) is 0.894. The van der Waals surface area contributed by atoms with Gasteiger partial charge in [0.15, 0.2) is 0 Å². The predicted molar refractivity (Wildman–Crippen MR) is 78.0 cm³/mol. The highest BCUT2D eigenvalue weighted by Crippen LogP contribution is 2.12. The Kier molecular flexibility index (Phi) is 4.71. The number of carbonyl (C=O) groups is 1. The summed E-state index contributed by atoms with van der Waals surface area (Å²) in [5.41, 5.74) is 0.616. The van der Waals surface area contributed by atoms with Crippen molar-refractivity contribution < 1.29 is 9.53 Å². The molecule has 1 aromatic heterocycles. The Labute approximate surface area is 122 Å². The SMILES string of the molecule is COc1cccc(CNC(=O)C(C)n2ncccc2=O)c1. The molecule has 0 bridgehead atoms. The second kappa shape index (κ2) is 6.69. The van der Waals surface area contributed by atoms with Crippen LogP contribution in [0, 0.1) is 0 Å². The number of ether oxygens (including phenoxy) is 1. The molecule has 0 saturated heterocycles. The van der Waals surface area contributed by atoms with E-state index in [9.17, 15) is 9.59 Å². The third-order valence-corrected chi connectivity index (χ3v) is 3.09. The minimum absolute atomic E-state index is 0.265. The fourth-order valence-corrected chi connectivity index (χ4v) is 1.89. The van der Waals surface area contributed by atoms with Crippen molar-refractivity contribution in [1.29, 1.82) is 0 Å². The van der Waals surface area contributed by atoms with Gasteiger partial charge in [-0.1, -0.05) is 12.1 Å². The second-order valence-electron chi connectivity index (χ2n) is 4.55. The molecule has 0 radical (unpaired) electrons. The maximum atomic E-state index is 12.1. The van der Waals surface area contributed by atoms with E-state index in [1.807, 2.05) is 24.3 Å². The molecule has 1 aromatic carbocycles. The van der Waals surface area contributed by atoms with Crippen LogP contribution >= 0.6 is 0 Å². The van der Waals surface area contributed by atoms with E-state index in [4.69, 9.17) is 4.74 Å². The first-order valence-corrected chi connectivity index (χ1v) is 6.56. The second-order valence-corrected chi connectivity index (χ2v) is 4.55. The van der Waals surface area contributed by atoms with Crippen molar-refractivity contribution in [2.75, 3.05) is 7.11 Å². The summed E-state index contributed by atoms with van der Waals surface area (Å²) in [4.78, 5) is 23.7. The van der Waals surface area contributed by atoms with E-state index in [-0.39, 0.29) is 11.5 Å². The van der Waals surface area contributed by atoms with Crippen LogP contribution < -0.4 is 15.6 Å². The lowest BCUT2D eigenvalue weighted by molar-refractivity contribution is -0.124. The molecule has 1 N–H and O–H groups in total. The fraction of sp³-hybridized carbons (Fsp3) is 0.267. The summed E-state index contributed by atoms with van der Waals surface area (Å²) in [7, 11) is 1.59. The zero-order valence-electron chi connectivity index (χ0n) is 11.9. The van der Waals surface area contributed by atoms with Crippen LogP contribution in [-0.2, 0) is 11.3 Å². The molecule has 1 heterocycles. The summed E-state index contributed by atoms with van der Waals surface area (Å²) in [6.45, 7) is 2.00. The van der Waals surface area contributed by atoms with Gasteiger partial charge in [-0.05, 0) is 30.7 Å². The van der Waals surface area contributed by atoms with Gasteiger partial charge in [-0.25, -0.2) is 4.68 Å². The van der Waals surface area contributed by atoms with E-state index in [1.165, 1.54) is 12.3 Å². The van der Waals surface area contributed by atoms with Crippen LogP contribution in [0.25, 0.3) is 0 Å². The monoisotopic (exact) mass is 287 g/mol. The Balaban J connectivity index is 2.01. The van der Waals surface area contributed by atoms with Crippen molar-refractivity contribution in [3.8, 4) is 5.75 Å². The van der Waals surface area contributed by atoms with Gasteiger partial charge in [-0.3, -0.25) is 9.59 Å². The number of methoxy groups -OCH3 is 1. The molecule has 0 spiro atoms. The average Bonchev–Trinajstić information content (AvgIpc) is 2.52. The van der Waals surface area contributed by atoms with Gasteiger partial charge in [0.05, 0.1) is 7.11 Å². The zero-order valence-corrected chi connectivity index (χ0v) is 11.9. The highest BCUT2D eigenvalue weighted by molar-refractivity contribution is 5.79. The van der Waals surface area contributed by atoms with Crippen LogP contribution in [0.3, 0.4) is 0 Å². The van der Waals surface area contributed by atoms with Gasteiger partial charge in [-0.2, -0.15) is 5.10 Å². The average molecular weight is 287 g/mol. The van der Waals surface area contributed by atoms with Gasteiger partial charge in [-0.15, -0.1) is 0 Å². The first-order valence-electron chi connectivity index (χ1n) is 6.56. The van der Waals surface area contributed by atoms with Crippen molar-refractivity contribution in [1.82, 2.24) is 15.1 Å². The number of benzene rings is 1. The minimum Gasteiger partial charge on any atom is -0.497 e. The molecule has 1 atom stereocenters. The minimum atomic E-state index is -0.663. The van der Waals surface area contributed by atoms with Gasteiger partial charge < -0.3 is 10.1 Å². The van der Waals surface area contributed by atoms with Gasteiger partial charge in [0.2, 0.25) is 5.91 Å². The number of amides is 1. The highest BCUT2D eigenvalue weighted by atomic mass is 16.5. The topological polar surface area (TPSA) is 73.2 Å². The summed E-state index contributed by atoms with van der Waals surface area (Å²) in [6, 6.07) is 9.68. The first kappa shape index (κ1) is 14.8. The number of hydrogen-bond donors (Lipinski definition) is 1. The molecule has 0 fully saturated rings. The lowest BCUT2D eigenvalue weighted by Crippen LogP contribution is -2.36. The van der Waals surface area contributed by atoms with Crippen LogP contribution in [0.4, 0.5) is 0 Å². The van der Waals surface area contributed by atoms with Crippen molar-refractivity contribution >= 4 is 5.91 Å². The Morgan fingerprint density at radius 2 is 2.19 bits per heavy atom. The maximum Gasteiger partial charge on any atom is 0.267 e. The summed E-state index contributed by atoms with van der Waals surface area (Å²) in [5, 5.41) is 6.69. The molecule has 0 saturated carbocycles. The summed E-state index contributed by atoms with van der Waals surface area (Å²) >= 11 is 0. The van der Waals surface area contributed by atoms with E-state index in [0.29, 0.717) is 6.54 Å². The molecule has 21 heavy (non-hydrogen) atoms. The lowest BCUT2D eigenvalue weighted by Gasteiger charge is -2.13. The Bertz CT molecular complexity index is 682. The van der Waals surface area contributed by atoms with Crippen LogP contribution in [-0.4, -0.2) is 22.8 Å². The molecule has 0 aliphatic rings. The predicted octanol–water partition coefficient (Wildman–Crippen LogP) is 1.13. The molecule has 0 aliphatic heterocycles. The Morgan fingerprint density at radius 1 is 1.38 bits per heavy atom. The molecular weight excluding hydrogens is 270 g/mol. The van der Waals surface area contributed by atoms with Gasteiger partial charge >= 0.3 is 0 Å². The molecule has 2 aromatic rings. The van der Waals surface area contributed by atoms with Crippen LogP contribution in [0.1, 0.15) is 18.5 Å². The van der Waals surface area contributed by atoms with Crippen LogP contribution in [0.5, 0.6) is 5.75 Å². The van der Waals surface area contributed by atoms with Crippen molar-refractivity contribution in [3.63, 3.8) is 0 Å². The third-order valence-electron chi connectivity index (χ3n) is 3.09. The molecular formula is C15H17N3O3. The number of hydrogen-bond acceptors (Lipinski definition) is 4. The highest BCUT2D eigenvalue weighted by Gasteiger charge is 2.16. The number of carbonyl (C=O) groups excluding carboxylic acids is 1. The molecule has 1 unspecified atom stereocenters. The van der Waals surface area contributed by atoms with Gasteiger partial charge in [0.1, 0.15) is 11.8 Å². The van der Waals surface area contributed by atoms with Gasteiger partial charge in [0, 0.05) is 18.8 Å². The Hall–Kier alpha value is -2.63. The largest absolute Gasteiger partial charge is 0.497 e. The van der Waals surface area contributed by atoms with Crippen molar-refractivity contribution in [3.05, 3.63) is 58.5 Å². The normalized spacial score (nSPS) is 11.7. The molecule has 6 nitrogen and oxygen atoms in total. The summed E-state index contributed by atoms with van der Waals surface area (Å²) in [5.74, 6) is 0.467. The van der Waals surface area contributed by atoms with E-state index < -0.39 is 6.04 Å². The molecule has 1 amide bonds. The standard InChI is InChI=1S/C15H17N3O3/c1-11(18-14(19)7-4-8-17-18)15(20)16-10-12-5-3-6-13(9-12)21-2/h3-9,11H,10H2,1-2H3,(H,16,20). The third kappa shape index (κ3) is 3.68. The van der Waals surface area contributed by atoms with E-state index in [1.54, 1.807) is 20.1 Å². The summed E-state index contributed by atoms with van der Waals surface area (Å²) < 4.78 is 6.28. The van der Waals surface area contributed by atoms with E-state index in [2.05, 4.69) is 10.4 Å². The van der Waals surface area contributed by atoms with Crippen LogP contribution in [0.15, 0.2) is 47.4 Å². The molecule has 110 valence electrons. The van der Waals surface area contributed by atoms with E-state index >= 15 is 0 Å². The number of rotatable bonds is 5. The number of nitrogens with zero attached hydrogens (tertiary/aromatic N) is 2. The smallest absolute Gasteiger partial charge is 0.267 e. The van der Waals surface area contributed by atoms with Crippen LogP contribution in [0.2, 0.25) is 0 Å². The molecule has 2 rings (SSSR count). The zero-order chi connectivity index (χ0) is 15.2. The van der Waals surface area contributed by atoms with E-state index in [0.717, 1.165) is 16.0 Å². The molecule has 0 aliphatic carbocycles. The lowest BCUT2D eigenvalue weighted by atomic mass is 10.2. The molecule has 6 heteroatoms. The number of aromatic nitrogens is 2. The van der Waals surface area contributed by atoms with Crippen molar-refractivity contribution in [2.24, 2.45) is 0 Å². The summed E-state index contributed by atoms with van der Waals surface area (Å²) in [6.07, 6.45) is 1.48. The number of nitrogens with one attached hydrogen (secondary N) is 1. The van der Waals surface area contributed by atoms with Crippen molar-refractivity contribution in [2.45, 2.75) is 19.5 Å². The first-order chi connectivity index (χ1) is 10.1. The maximum absolute atomic E-state index is 12.1. The Morgan fingerprint density at radius 3 is 2.90 bits per heavy atom. The fourth-order valence-electron chi connectivity index (χ4n) is 1.89. The van der Waals surface area contributed by atoms with Gasteiger partial charge in [0.25, 0.3) is 5.56 Å².